The van der Waals surface area contributed by atoms with Gasteiger partial charge in [-0.15, -0.1) is 0 Å². The molecule has 1 aliphatic carbocycles. The zero-order chi connectivity index (χ0) is 7.19. The van der Waals surface area contributed by atoms with E-state index in [0.29, 0.717) is 0 Å². The maximum Gasteiger partial charge on any atom is 0.0379 e. The SMILES string of the molecule is [O-]S1([O-])NC2CCCC2N1. The lowest BCUT2D eigenvalue weighted by Gasteiger charge is -2.56. The van der Waals surface area contributed by atoms with Crippen molar-refractivity contribution in [3.63, 3.8) is 0 Å². The Balaban J connectivity index is 2.07. The number of fused-ring (bicyclic) bond motifs is 1. The third kappa shape index (κ3) is 1.04. The largest absolute Gasteiger partial charge is 0.774 e. The number of rotatable bonds is 0. The minimum absolute atomic E-state index is 0.171. The first-order valence-corrected chi connectivity index (χ1v) is 4.95. The lowest BCUT2D eigenvalue weighted by Crippen LogP contribution is -2.26. The highest BCUT2D eigenvalue weighted by molar-refractivity contribution is 8.21. The molecule has 0 bridgehead atoms. The second kappa shape index (κ2) is 2.09. The van der Waals surface area contributed by atoms with Crippen molar-refractivity contribution >= 4 is 11.0 Å². The van der Waals surface area contributed by atoms with Crippen molar-refractivity contribution in [2.24, 2.45) is 0 Å². The molecule has 1 aliphatic heterocycles. The van der Waals surface area contributed by atoms with E-state index in [1.165, 1.54) is 0 Å². The molecule has 0 radical (unpaired) electrons. The van der Waals surface area contributed by atoms with Gasteiger partial charge in [-0.05, 0) is 12.8 Å². The molecular formula is C5H10N2O2S-2. The quantitative estimate of drug-likeness (QED) is 0.526. The summed E-state index contributed by atoms with van der Waals surface area (Å²) >= 11 is 0. The first-order chi connectivity index (χ1) is 4.67. The molecule has 2 N–H and O–H groups in total. The summed E-state index contributed by atoms with van der Waals surface area (Å²) < 4.78 is 26.8. The smallest absolute Gasteiger partial charge is 0.0379 e. The molecule has 2 atom stereocenters. The summed E-state index contributed by atoms with van der Waals surface area (Å²) in [7, 11) is -3.11. The maximum atomic E-state index is 10.8. The van der Waals surface area contributed by atoms with Crippen molar-refractivity contribution in [2.75, 3.05) is 0 Å². The second-order valence-electron chi connectivity index (χ2n) is 2.88. The van der Waals surface area contributed by atoms with Gasteiger partial charge in [0.15, 0.2) is 0 Å². The summed E-state index contributed by atoms with van der Waals surface area (Å²) in [6.45, 7) is 0. The van der Waals surface area contributed by atoms with Gasteiger partial charge in [0, 0.05) is 12.1 Å². The second-order valence-corrected chi connectivity index (χ2v) is 4.36. The fourth-order valence-electron chi connectivity index (χ4n) is 1.67. The average molecular weight is 162 g/mol. The van der Waals surface area contributed by atoms with Crippen molar-refractivity contribution in [1.29, 1.82) is 0 Å². The van der Waals surface area contributed by atoms with Crippen molar-refractivity contribution in [2.45, 2.75) is 31.3 Å². The van der Waals surface area contributed by atoms with E-state index in [-0.39, 0.29) is 12.1 Å². The van der Waals surface area contributed by atoms with E-state index in [2.05, 4.69) is 9.44 Å². The Morgan fingerprint density at radius 1 is 1.10 bits per heavy atom. The molecule has 2 rings (SSSR count). The summed E-state index contributed by atoms with van der Waals surface area (Å²) in [4.78, 5) is 0. The van der Waals surface area contributed by atoms with E-state index in [1.807, 2.05) is 0 Å². The van der Waals surface area contributed by atoms with Crippen LogP contribution in [0.25, 0.3) is 0 Å². The Morgan fingerprint density at radius 3 is 2.10 bits per heavy atom. The van der Waals surface area contributed by atoms with Gasteiger partial charge in [-0.2, -0.15) is 0 Å². The highest BCUT2D eigenvalue weighted by Gasteiger charge is 2.32. The standard InChI is InChI=1S/C5H12N2O2S/c8-10(9)6-4-2-1-3-5(4)7-10/h4-9H,1-3H2/p-2. The van der Waals surface area contributed by atoms with Gasteiger partial charge in [0.05, 0.1) is 0 Å². The molecule has 60 valence electrons. The molecule has 2 aliphatic rings. The monoisotopic (exact) mass is 162 g/mol. The summed E-state index contributed by atoms with van der Waals surface area (Å²) in [6, 6.07) is 0.343. The third-order valence-electron chi connectivity index (χ3n) is 2.13. The van der Waals surface area contributed by atoms with Crippen LogP contribution in [0, 0.1) is 0 Å². The summed E-state index contributed by atoms with van der Waals surface area (Å²) in [5, 5.41) is 0. The van der Waals surface area contributed by atoms with Crippen LogP contribution in [0.2, 0.25) is 0 Å². The van der Waals surface area contributed by atoms with Gasteiger partial charge in [-0.1, -0.05) is 6.42 Å². The third-order valence-corrected chi connectivity index (χ3v) is 3.36. The van der Waals surface area contributed by atoms with Crippen molar-refractivity contribution in [1.82, 2.24) is 9.44 Å². The Kier molecular flexibility index (Phi) is 1.43. The lowest BCUT2D eigenvalue weighted by molar-refractivity contribution is 0.426. The Morgan fingerprint density at radius 2 is 1.60 bits per heavy atom. The van der Waals surface area contributed by atoms with Crippen LogP contribution >= 0.6 is 11.0 Å². The minimum atomic E-state index is -3.11. The first-order valence-electron chi connectivity index (χ1n) is 3.47. The molecule has 0 aromatic carbocycles. The van der Waals surface area contributed by atoms with E-state index in [9.17, 15) is 9.11 Å². The summed E-state index contributed by atoms with van der Waals surface area (Å²) in [6.07, 6.45) is 3.10. The molecule has 1 saturated heterocycles. The fourth-order valence-corrected chi connectivity index (χ4v) is 3.10. The van der Waals surface area contributed by atoms with E-state index in [1.54, 1.807) is 0 Å². The highest BCUT2D eigenvalue weighted by atomic mass is 32.3. The fraction of sp³-hybridized carbons (Fsp3) is 1.00. The molecular weight excluding hydrogens is 152 g/mol. The van der Waals surface area contributed by atoms with Gasteiger partial charge in [0.2, 0.25) is 0 Å². The van der Waals surface area contributed by atoms with Crippen LogP contribution in [0.4, 0.5) is 0 Å². The van der Waals surface area contributed by atoms with Gasteiger partial charge < -0.3 is 20.1 Å². The van der Waals surface area contributed by atoms with Gasteiger partial charge in [0.25, 0.3) is 0 Å². The number of hydrogen-bond donors (Lipinski definition) is 2. The van der Waals surface area contributed by atoms with Crippen LogP contribution in [0.15, 0.2) is 0 Å². The van der Waals surface area contributed by atoms with E-state index >= 15 is 0 Å². The molecule has 4 nitrogen and oxygen atoms in total. The molecule has 2 fully saturated rings. The van der Waals surface area contributed by atoms with Gasteiger partial charge in [0.1, 0.15) is 0 Å². The van der Waals surface area contributed by atoms with Crippen LogP contribution < -0.4 is 9.44 Å². The summed E-state index contributed by atoms with van der Waals surface area (Å²) in [5.41, 5.74) is 0. The predicted molar refractivity (Wildman–Crippen MR) is 36.8 cm³/mol. The normalized spacial score (nSPS) is 47.0. The van der Waals surface area contributed by atoms with Crippen molar-refractivity contribution < 1.29 is 9.11 Å². The molecule has 0 aromatic heterocycles. The molecule has 0 amide bonds. The van der Waals surface area contributed by atoms with Crippen LogP contribution in [0.1, 0.15) is 19.3 Å². The topological polar surface area (TPSA) is 70.2 Å². The lowest BCUT2D eigenvalue weighted by atomic mass is 10.2. The molecule has 1 heterocycles. The number of hydrogen-bond acceptors (Lipinski definition) is 4. The molecule has 1 saturated carbocycles. The maximum absolute atomic E-state index is 10.8. The van der Waals surface area contributed by atoms with Crippen LogP contribution in [0.3, 0.4) is 0 Å². The minimum Gasteiger partial charge on any atom is -0.774 e. The average Bonchev–Trinajstić information content (AvgIpc) is 2.20. The van der Waals surface area contributed by atoms with E-state index < -0.39 is 11.0 Å². The zero-order valence-corrected chi connectivity index (χ0v) is 6.32. The van der Waals surface area contributed by atoms with Crippen molar-refractivity contribution in [3.05, 3.63) is 0 Å². The van der Waals surface area contributed by atoms with Gasteiger partial charge >= 0.3 is 0 Å². The predicted octanol–water partition coefficient (Wildman–Crippen LogP) is -0.00430. The molecule has 10 heavy (non-hydrogen) atoms. The Labute approximate surface area is 61.6 Å². The van der Waals surface area contributed by atoms with Crippen LogP contribution in [-0.2, 0) is 0 Å². The van der Waals surface area contributed by atoms with Crippen LogP contribution in [0.5, 0.6) is 0 Å². The van der Waals surface area contributed by atoms with E-state index in [4.69, 9.17) is 0 Å². The molecule has 5 heteroatoms. The Hall–Kier alpha value is 0.190. The zero-order valence-electron chi connectivity index (χ0n) is 5.50. The van der Waals surface area contributed by atoms with Crippen molar-refractivity contribution in [3.8, 4) is 0 Å². The molecule has 0 aromatic rings. The first kappa shape index (κ1) is 6.87. The van der Waals surface area contributed by atoms with Crippen LogP contribution in [-0.4, -0.2) is 21.2 Å². The summed E-state index contributed by atoms with van der Waals surface area (Å²) in [5.74, 6) is 0. The molecule has 0 spiro atoms. The van der Waals surface area contributed by atoms with Gasteiger partial charge in [-0.3, -0.25) is 9.44 Å². The van der Waals surface area contributed by atoms with Gasteiger partial charge in [-0.25, -0.2) is 0 Å². The Bertz CT molecular complexity index is 139. The molecule has 2 unspecified atom stereocenters. The number of nitrogens with one attached hydrogen (secondary N) is 2. The highest BCUT2D eigenvalue weighted by Crippen LogP contribution is 2.40. The van der Waals surface area contributed by atoms with E-state index in [0.717, 1.165) is 19.3 Å².